The number of hydrogen-bond donors (Lipinski definition) is 1. The molecule has 6 heteroatoms. The van der Waals surface area contributed by atoms with Crippen LogP contribution in [0.25, 0.3) is 27.0 Å². The number of aromatic amines is 1. The number of H-pyrrole nitrogens is 1. The molecule has 3 aromatic heterocycles. The van der Waals surface area contributed by atoms with E-state index in [1.807, 2.05) is 4.40 Å². The van der Waals surface area contributed by atoms with Crippen molar-refractivity contribution in [1.29, 1.82) is 0 Å². The zero-order valence-corrected chi connectivity index (χ0v) is 13.2. The zero-order chi connectivity index (χ0) is 14.6. The Labute approximate surface area is 130 Å². The summed E-state index contributed by atoms with van der Waals surface area (Å²) in [6.07, 6.45) is 1.73. The molecular formula is C15H12N4S2. The van der Waals surface area contributed by atoms with Crippen molar-refractivity contribution in [2.75, 3.05) is 0 Å². The Bertz CT molecular complexity index is 1020. The van der Waals surface area contributed by atoms with Crippen molar-refractivity contribution < 1.29 is 0 Å². The Morgan fingerprint density at radius 3 is 2.71 bits per heavy atom. The van der Waals surface area contributed by atoms with E-state index in [9.17, 15) is 0 Å². The van der Waals surface area contributed by atoms with Crippen LogP contribution in [0.3, 0.4) is 0 Å². The smallest absolute Gasteiger partial charge is 0.200 e. The van der Waals surface area contributed by atoms with E-state index >= 15 is 0 Å². The summed E-state index contributed by atoms with van der Waals surface area (Å²) in [4.78, 5) is 6.75. The lowest BCUT2D eigenvalue weighted by molar-refractivity contribution is 1.06. The molecule has 0 fully saturated rings. The Morgan fingerprint density at radius 1 is 1.19 bits per heavy atom. The number of aryl methyl sites for hydroxylation is 2. The minimum atomic E-state index is 0.568. The summed E-state index contributed by atoms with van der Waals surface area (Å²) in [6, 6.07) is 8.55. The highest BCUT2D eigenvalue weighted by atomic mass is 32.1. The average molecular weight is 312 g/mol. The van der Waals surface area contributed by atoms with E-state index in [0.29, 0.717) is 4.77 Å². The van der Waals surface area contributed by atoms with Crippen LogP contribution in [-0.2, 0) is 0 Å². The summed E-state index contributed by atoms with van der Waals surface area (Å²) in [7, 11) is 0. The quantitative estimate of drug-likeness (QED) is 0.533. The fraction of sp³-hybridized carbons (Fsp3) is 0.133. The van der Waals surface area contributed by atoms with E-state index in [0.717, 1.165) is 15.9 Å². The van der Waals surface area contributed by atoms with E-state index in [2.05, 4.69) is 53.3 Å². The van der Waals surface area contributed by atoms with Gasteiger partial charge in [0.25, 0.3) is 0 Å². The van der Waals surface area contributed by atoms with E-state index in [1.165, 1.54) is 21.6 Å². The first kappa shape index (κ1) is 12.7. The van der Waals surface area contributed by atoms with Crippen molar-refractivity contribution >= 4 is 39.4 Å². The Balaban J connectivity index is 2.17. The van der Waals surface area contributed by atoms with Gasteiger partial charge in [-0.15, -0.1) is 11.3 Å². The molecule has 21 heavy (non-hydrogen) atoms. The van der Waals surface area contributed by atoms with Gasteiger partial charge in [-0.25, -0.2) is 4.98 Å². The Kier molecular flexibility index (Phi) is 2.70. The van der Waals surface area contributed by atoms with Gasteiger partial charge in [-0.2, -0.15) is 5.10 Å². The highest BCUT2D eigenvalue weighted by molar-refractivity contribution is 7.71. The molecule has 0 spiro atoms. The predicted octanol–water partition coefficient (Wildman–Crippen LogP) is 4.29. The van der Waals surface area contributed by atoms with Gasteiger partial charge in [0.1, 0.15) is 11.2 Å². The summed E-state index contributed by atoms with van der Waals surface area (Å²) in [5, 5.41) is 8.29. The predicted molar refractivity (Wildman–Crippen MR) is 88.5 cm³/mol. The SMILES string of the molecule is Cc1ccc(-c2c(C)sc3ncn4c(=S)[nH]nc4c23)cc1. The molecule has 0 aliphatic rings. The number of aromatic nitrogens is 4. The van der Waals surface area contributed by atoms with Gasteiger partial charge in [-0.3, -0.25) is 9.50 Å². The van der Waals surface area contributed by atoms with Crippen molar-refractivity contribution in [2.45, 2.75) is 13.8 Å². The van der Waals surface area contributed by atoms with Crippen LogP contribution >= 0.6 is 23.6 Å². The van der Waals surface area contributed by atoms with Crippen LogP contribution in [0, 0.1) is 18.6 Å². The lowest BCUT2D eigenvalue weighted by Gasteiger charge is -2.03. The third kappa shape index (κ3) is 1.83. The molecule has 0 unspecified atom stereocenters. The second-order valence-electron chi connectivity index (χ2n) is 5.05. The van der Waals surface area contributed by atoms with Crippen LogP contribution in [0.15, 0.2) is 30.6 Å². The molecule has 0 amide bonds. The normalized spacial score (nSPS) is 11.5. The van der Waals surface area contributed by atoms with Crippen molar-refractivity contribution in [3.05, 3.63) is 45.8 Å². The maximum Gasteiger partial charge on any atom is 0.200 e. The molecule has 0 saturated carbocycles. The van der Waals surface area contributed by atoms with Gasteiger partial charge in [0.15, 0.2) is 5.65 Å². The van der Waals surface area contributed by atoms with Crippen molar-refractivity contribution in [3.63, 3.8) is 0 Å². The number of fused-ring (bicyclic) bond motifs is 3. The van der Waals surface area contributed by atoms with Gasteiger partial charge in [0.2, 0.25) is 4.77 Å². The van der Waals surface area contributed by atoms with Crippen LogP contribution in [0.2, 0.25) is 0 Å². The molecule has 4 rings (SSSR count). The lowest BCUT2D eigenvalue weighted by Crippen LogP contribution is -1.88. The summed E-state index contributed by atoms with van der Waals surface area (Å²) < 4.78 is 2.39. The Morgan fingerprint density at radius 2 is 1.95 bits per heavy atom. The minimum Gasteiger partial charge on any atom is -0.258 e. The van der Waals surface area contributed by atoms with Gasteiger partial charge in [0, 0.05) is 10.4 Å². The van der Waals surface area contributed by atoms with Crippen molar-refractivity contribution in [1.82, 2.24) is 19.6 Å². The molecular weight excluding hydrogens is 300 g/mol. The topological polar surface area (TPSA) is 46.0 Å². The Hall–Kier alpha value is -2.05. The first-order valence-electron chi connectivity index (χ1n) is 6.57. The largest absolute Gasteiger partial charge is 0.258 e. The molecule has 4 nitrogen and oxygen atoms in total. The highest BCUT2D eigenvalue weighted by Crippen LogP contribution is 2.38. The van der Waals surface area contributed by atoms with Gasteiger partial charge in [0.05, 0.1) is 5.39 Å². The lowest BCUT2D eigenvalue weighted by atomic mass is 10.0. The monoisotopic (exact) mass is 312 g/mol. The number of thiophene rings is 1. The number of nitrogens with one attached hydrogen (secondary N) is 1. The molecule has 0 aliphatic carbocycles. The van der Waals surface area contributed by atoms with Crippen LogP contribution in [0.4, 0.5) is 0 Å². The molecule has 0 aliphatic heterocycles. The fourth-order valence-electron chi connectivity index (χ4n) is 2.59. The van der Waals surface area contributed by atoms with E-state index in [1.54, 1.807) is 17.7 Å². The third-order valence-electron chi connectivity index (χ3n) is 3.62. The maximum absolute atomic E-state index is 5.24. The second kappa shape index (κ2) is 4.47. The molecule has 0 atom stereocenters. The van der Waals surface area contributed by atoms with Crippen LogP contribution in [0.5, 0.6) is 0 Å². The fourth-order valence-corrected chi connectivity index (χ4v) is 3.78. The molecule has 4 aromatic rings. The summed E-state index contributed by atoms with van der Waals surface area (Å²) in [6.45, 7) is 4.22. The molecule has 3 heterocycles. The minimum absolute atomic E-state index is 0.568. The zero-order valence-electron chi connectivity index (χ0n) is 11.5. The second-order valence-corrected chi connectivity index (χ2v) is 6.64. The number of benzene rings is 1. The first-order chi connectivity index (χ1) is 10.1. The van der Waals surface area contributed by atoms with E-state index in [4.69, 9.17) is 12.2 Å². The number of hydrogen-bond acceptors (Lipinski definition) is 4. The molecule has 1 N–H and O–H groups in total. The van der Waals surface area contributed by atoms with Gasteiger partial charge in [-0.05, 0) is 31.6 Å². The highest BCUT2D eigenvalue weighted by Gasteiger charge is 2.16. The number of rotatable bonds is 1. The first-order valence-corrected chi connectivity index (χ1v) is 7.79. The van der Waals surface area contributed by atoms with Crippen molar-refractivity contribution in [3.8, 4) is 11.1 Å². The summed E-state index contributed by atoms with van der Waals surface area (Å²) >= 11 is 6.93. The summed E-state index contributed by atoms with van der Waals surface area (Å²) in [5.74, 6) is 0. The molecule has 0 radical (unpaired) electrons. The van der Waals surface area contributed by atoms with Gasteiger partial charge >= 0.3 is 0 Å². The standard InChI is InChI=1S/C15H12N4S2/c1-8-3-5-10(6-4-8)11-9(2)21-14-12(11)13-17-18-15(20)19(13)7-16-14/h3-7H,1-2H3,(H,18,20). The molecule has 0 bridgehead atoms. The number of nitrogens with zero attached hydrogens (tertiary/aromatic N) is 3. The molecule has 104 valence electrons. The van der Waals surface area contributed by atoms with E-state index < -0.39 is 0 Å². The van der Waals surface area contributed by atoms with Crippen LogP contribution in [0.1, 0.15) is 10.4 Å². The summed E-state index contributed by atoms with van der Waals surface area (Å²) in [5.41, 5.74) is 4.47. The van der Waals surface area contributed by atoms with Gasteiger partial charge in [-0.1, -0.05) is 29.8 Å². The third-order valence-corrected chi connectivity index (χ3v) is 4.93. The molecule has 1 aromatic carbocycles. The van der Waals surface area contributed by atoms with Crippen LogP contribution in [-0.4, -0.2) is 19.6 Å². The maximum atomic E-state index is 5.24. The van der Waals surface area contributed by atoms with Crippen LogP contribution < -0.4 is 0 Å². The average Bonchev–Trinajstić information content (AvgIpc) is 3.00. The van der Waals surface area contributed by atoms with Gasteiger partial charge < -0.3 is 0 Å². The van der Waals surface area contributed by atoms with Crippen molar-refractivity contribution in [2.24, 2.45) is 0 Å². The molecule has 0 saturated heterocycles. The van der Waals surface area contributed by atoms with E-state index in [-0.39, 0.29) is 0 Å².